The van der Waals surface area contributed by atoms with E-state index in [0.29, 0.717) is 29.1 Å². The van der Waals surface area contributed by atoms with Crippen molar-refractivity contribution in [1.29, 1.82) is 0 Å². The highest BCUT2D eigenvalue weighted by Gasteiger charge is 2.29. The Bertz CT molecular complexity index is 1100. The molecule has 1 aliphatic carbocycles. The van der Waals surface area contributed by atoms with Crippen LogP contribution in [0.5, 0.6) is 11.5 Å². The minimum Gasteiger partial charge on any atom is -0.454 e. The van der Waals surface area contributed by atoms with Crippen molar-refractivity contribution >= 4 is 23.4 Å². The molecule has 2 aliphatic rings. The normalized spacial score (nSPS) is 19.7. The SMILES string of the molecule is C[C@H]1CCCC[C@H]1n1c(SCC(=O)Nc2ccc3c(c2)OCO3)nnc1-c1cccnc1. The number of pyridine rings is 1. The Balaban J connectivity index is 1.34. The molecule has 5 rings (SSSR count). The molecule has 2 aromatic heterocycles. The van der Waals surface area contributed by atoms with E-state index in [1.54, 1.807) is 18.3 Å². The second-order valence-corrected chi connectivity index (χ2v) is 9.09. The average Bonchev–Trinajstić information content (AvgIpc) is 3.45. The van der Waals surface area contributed by atoms with Crippen LogP contribution < -0.4 is 14.8 Å². The van der Waals surface area contributed by atoms with Gasteiger partial charge in [0.05, 0.1) is 5.75 Å². The van der Waals surface area contributed by atoms with Crippen LogP contribution in [0.2, 0.25) is 0 Å². The van der Waals surface area contributed by atoms with Gasteiger partial charge < -0.3 is 14.8 Å². The smallest absolute Gasteiger partial charge is 0.234 e. The summed E-state index contributed by atoms with van der Waals surface area (Å²) in [6, 6.07) is 9.60. The van der Waals surface area contributed by atoms with E-state index in [4.69, 9.17) is 9.47 Å². The van der Waals surface area contributed by atoms with Crippen LogP contribution in [0.15, 0.2) is 47.9 Å². The van der Waals surface area contributed by atoms with Crippen molar-refractivity contribution in [2.24, 2.45) is 5.92 Å². The van der Waals surface area contributed by atoms with Crippen molar-refractivity contribution in [1.82, 2.24) is 19.7 Å². The van der Waals surface area contributed by atoms with Crippen LogP contribution in [0.4, 0.5) is 5.69 Å². The lowest BCUT2D eigenvalue weighted by Gasteiger charge is -2.31. The summed E-state index contributed by atoms with van der Waals surface area (Å²) in [5, 5.41) is 12.6. The monoisotopic (exact) mass is 451 g/mol. The molecule has 2 atom stereocenters. The molecule has 0 radical (unpaired) electrons. The third kappa shape index (κ3) is 4.29. The summed E-state index contributed by atoms with van der Waals surface area (Å²) in [6.45, 7) is 2.49. The third-order valence-corrected chi connectivity index (χ3v) is 6.91. The minimum absolute atomic E-state index is 0.108. The molecule has 0 spiro atoms. The summed E-state index contributed by atoms with van der Waals surface area (Å²) in [5.41, 5.74) is 1.62. The number of hydrogen-bond acceptors (Lipinski definition) is 7. The van der Waals surface area contributed by atoms with Gasteiger partial charge in [0.15, 0.2) is 22.5 Å². The van der Waals surface area contributed by atoms with Crippen molar-refractivity contribution in [3.05, 3.63) is 42.7 Å². The van der Waals surface area contributed by atoms with Crippen molar-refractivity contribution in [2.45, 2.75) is 43.8 Å². The first-order valence-electron chi connectivity index (χ1n) is 10.9. The van der Waals surface area contributed by atoms with Gasteiger partial charge in [0.1, 0.15) is 0 Å². The molecule has 9 heteroatoms. The highest BCUT2D eigenvalue weighted by molar-refractivity contribution is 7.99. The minimum atomic E-state index is -0.108. The van der Waals surface area contributed by atoms with Gasteiger partial charge in [0.25, 0.3) is 0 Å². The number of aromatic nitrogens is 4. The number of benzene rings is 1. The Hall–Kier alpha value is -3.07. The molecule has 1 saturated carbocycles. The molecule has 1 fully saturated rings. The van der Waals surface area contributed by atoms with Crippen LogP contribution in [-0.2, 0) is 4.79 Å². The number of hydrogen-bond donors (Lipinski definition) is 1. The fourth-order valence-electron chi connectivity index (χ4n) is 4.35. The maximum absolute atomic E-state index is 12.6. The predicted molar refractivity (Wildman–Crippen MR) is 122 cm³/mol. The predicted octanol–water partition coefficient (Wildman–Crippen LogP) is 4.55. The van der Waals surface area contributed by atoms with Gasteiger partial charge in [0, 0.05) is 35.8 Å². The molecule has 3 heterocycles. The van der Waals surface area contributed by atoms with Gasteiger partial charge in [-0.1, -0.05) is 31.5 Å². The van der Waals surface area contributed by atoms with Gasteiger partial charge >= 0.3 is 0 Å². The second kappa shape index (κ2) is 9.20. The number of amides is 1. The quantitative estimate of drug-likeness (QED) is 0.550. The molecule has 0 bridgehead atoms. The molecule has 8 nitrogen and oxygen atoms in total. The van der Waals surface area contributed by atoms with Crippen LogP contribution in [0.3, 0.4) is 0 Å². The third-order valence-electron chi connectivity index (χ3n) is 5.97. The number of nitrogens with one attached hydrogen (secondary N) is 1. The van der Waals surface area contributed by atoms with Crippen LogP contribution >= 0.6 is 11.8 Å². The molecule has 1 N–H and O–H groups in total. The number of nitrogens with zero attached hydrogens (tertiary/aromatic N) is 4. The number of thioether (sulfide) groups is 1. The first-order valence-corrected chi connectivity index (χ1v) is 11.8. The molecular formula is C23H25N5O3S. The maximum atomic E-state index is 12.6. The first kappa shape index (κ1) is 20.8. The van der Waals surface area contributed by atoms with E-state index in [1.165, 1.54) is 31.0 Å². The zero-order valence-corrected chi connectivity index (χ0v) is 18.7. The molecule has 1 aromatic carbocycles. The van der Waals surface area contributed by atoms with Gasteiger partial charge in [-0.3, -0.25) is 14.3 Å². The molecule has 32 heavy (non-hydrogen) atoms. The summed E-state index contributed by atoms with van der Waals surface area (Å²) >= 11 is 1.41. The lowest BCUT2D eigenvalue weighted by molar-refractivity contribution is -0.113. The molecule has 1 amide bonds. The van der Waals surface area contributed by atoms with Gasteiger partial charge in [0.2, 0.25) is 12.7 Å². The van der Waals surface area contributed by atoms with Crippen molar-refractivity contribution < 1.29 is 14.3 Å². The van der Waals surface area contributed by atoms with E-state index in [9.17, 15) is 4.79 Å². The summed E-state index contributed by atoms with van der Waals surface area (Å²) in [7, 11) is 0. The number of ether oxygens (including phenoxy) is 2. The Morgan fingerprint density at radius 3 is 2.91 bits per heavy atom. The standard InChI is InChI=1S/C23H25N5O3S/c1-15-5-2-3-7-18(15)28-22(16-6-4-10-24-12-16)26-27-23(28)32-13-21(29)25-17-8-9-19-20(11-17)31-14-30-19/h4,6,8-12,15,18H,2-3,5,7,13-14H2,1H3,(H,25,29)/t15-,18+/m0/s1. The largest absolute Gasteiger partial charge is 0.454 e. The first-order chi connectivity index (χ1) is 15.7. The molecule has 3 aromatic rings. The van der Waals surface area contributed by atoms with Gasteiger partial charge in [-0.05, 0) is 43.0 Å². The Morgan fingerprint density at radius 2 is 2.06 bits per heavy atom. The number of anilines is 1. The van der Waals surface area contributed by atoms with Crippen molar-refractivity contribution in [3.8, 4) is 22.9 Å². The Labute approximate surface area is 190 Å². The summed E-state index contributed by atoms with van der Waals surface area (Å²) in [4.78, 5) is 16.9. The topological polar surface area (TPSA) is 91.2 Å². The number of fused-ring (bicyclic) bond motifs is 1. The lowest BCUT2D eigenvalue weighted by atomic mass is 9.85. The van der Waals surface area contributed by atoms with E-state index in [2.05, 4.69) is 32.0 Å². The summed E-state index contributed by atoms with van der Waals surface area (Å²) in [6.07, 6.45) is 8.28. The average molecular weight is 452 g/mol. The number of carbonyl (C=O) groups is 1. The van der Waals surface area contributed by atoms with E-state index in [-0.39, 0.29) is 18.5 Å². The Morgan fingerprint density at radius 1 is 1.19 bits per heavy atom. The molecule has 0 saturated heterocycles. The zero-order valence-electron chi connectivity index (χ0n) is 17.9. The van der Waals surface area contributed by atoms with Crippen molar-refractivity contribution in [3.63, 3.8) is 0 Å². The van der Waals surface area contributed by atoms with E-state index >= 15 is 0 Å². The van der Waals surface area contributed by atoms with Gasteiger partial charge in [-0.2, -0.15) is 0 Å². The van der Waals surface area contributed by atoms with E-state index < -0.39 is 0 Å². The zero-order chi connectivity index (χ0) is 21.9. The fraction of sp³-hybridized carbons (Fsp3) is 0.391. The summed E-state index contributed by atoms with van der Waals surface area (Å²) < 4.78 is 12.9. The second-order valence-electron chi connectivity index (χ2n) is 8.15. The molecule has 166 valence electrons. The lowest BCUT2D eigenvalue weighted by Crippen LogP contribution is -2.23. The number of rotatable bonds is 6. The molecule has 0 unspecified atom stereocenters. The van der Waals surface area contributed by atoms with Crippen LogP contribution in [0.1, 0.15) is 38.6 Å². The van der Waals surface area contributed by atoms with Crippen LogP contribution in [0.25, 0.3) is 11.4 Å². The highest BCUT2D eigenvalue weighted by Crippen LogP contribution is 2.39. The molecular weight excluding hydrogens is 426 g/mol. The van der Waals surface area contributed by atoms with Gasteiger partial charge in [-0.15, -0.1) is 10.2 Å². The number of carbonyl (C=O) groups excluding carboxylic acids is 1. The van der Waals surface area contributed by atoms with Crippen molar-refractivity contribution in [2.75, 3.05) is 17.9 Å². The van der Waals surface area contributed by atoms with Crippen LogP contribution in [-0.4, -0.2) is 38.2 Å². The fourth-order valence-corrected chi connectivity index (χ4v) is 5.14. The Kier molecular flexibility index (Phi) is 5.98. The van der Waals surface area contributed by atoms with Gasteiger partial charge in [-0.25, -0.2) is 0 Å². The summed E-state index contributed by atoms with van der Waals surface area (Å²) in [5.74, 6) is 2.80. The highest BCUT2D eigenvalue weighted by atomic mass is 32.2. The van der Waals surface area contributed by atoms with E-state index in [0.717, 1.165) is 23.0 Å². The maximum Gasteiger partial charge on any atom is 0.234 e. The van der Waals surface area contributed by atoms with Crippen LogP contribution in [0, 0.1) is 5.92 Å². The molecule has 1 aliphatic heterocycles. The van der Waals surface area contributed by atoms with E-state index in [1.807, 2.05) is 24.4 Å².